The highest BCUT2D eigenvalue weighted by atomic mass is 16.5. The van der Waals surface area contributed by atoms with Crippen LogP contribution in [-0.2, 0) is 0 Å². The van der Waals surface area contributed by atoms with Crippen LogP contribution in [0.3, 0.4) is 0 Å². The number of anilines is 1. The van der Waals surface area contributed by atoms with Crippen molar-refractivity contribution in [3.63, 3.8) is 0 Å². The summed E-state index contributed by atoms with van der Waals surface area (Å²) in [6.45, 7) is 2.33. The Morgan fingerprint density at radius 3 is 2.76 bits per heavy atom. The molecule has 1 aromatic carbocycles. The largest absolute Gasteiger partial charge is 0.507 e. The second kappa shape index (κ2) is 8.55. The number of benzene rings is 1. The molecule has 2 aliphatic heterocycles. The summed E-state index contributed by atoms with van der Waals surface area (Å²) in [5.41, 5.74) is 2.31. The molecule has 2 N–H and O–H groups in total. The normalized spacial score (nSPS) is 24.3. The summed E-state index contributed by atoms with van der Waals surface area (Å²) in [5.74, 6) is 1.62. The highest BCUT2D eigenvalue weighted by molar-refractivity contribution is 5.72. The van der Waals surface area contributed by atoms with Crippen LogP contribution >= 0.6 is 0 Å². The van der Waals surface area contributed by atoms with Crippen molar-refractivity contribution < 1.29 is 9.84 Å². The first kappa shape index (κ1) is 21.5. The van der Waals surface area contributed by atoms with Crippen molar-refractivity contribution in [1.29, 1.82) is 0 Å². The zero-order valence-electron chi connectivity index (χ0n) is 19.2. The number of piperidine rings is 2. The van der Waals surface area contributed by atoms with Gasteiger partial charge in [0.1, 0.15) is 5.75 Å². The zero-order chi connectivity index (χ0) is 23.0. The molecule has 33 heavy (non-hydrogen) atoms. The number of nitrogens with one attached hydrogen (secondary N) is 1. The van der Waals surface area contributed by atoms with Crippen LogP contribution in [0.25, 0.3) is 22.5 Å². The van der Waals surface area contributed by atoms with Crippen LogP contribution in [0.5, 0.6) is 11.6 Å². The van der Waals surface area contributed by atoms with Gasteiger partial charge in [-0.05, 0) is 50.3 Å². The van der Waals surface area contributed by atoms with Gasteiger partial charge >= 0.3 is 0 Å². The van der Waals surface area contributed by atoms with Gasteiger partial charge in [-0.15, -0.1) is 15.3 Å². The van der Waals surface area contributed by atoms with Crippen LogP contribution in [-0.4, -0.2) is 62.3 Å². The first-order chi connectivity index (χ1) is 15.9. The minimum absolute atomic E-state index is 0.0743. The number of phenols is 1. The Morgan fingerprint density at radius 2 is 2.03 bits per heavy atom. The number of nitrogens with zero attached hydrogens (tertiary/aromatic N) is 6. The summed E-state index contributed by atoms with van der Waals surface area (Å²) in [7, 11) is 3.61. The number of aromatic nitrogens is 5. The average molecular weight is 448 g/mol. The molecule has 2 aromatic heterocycles. The summed E-state index contributed by atoms with van der Waals surface area (Å²) in [6.07, 6.45) is 9.30. The highest BCUT2D eigenvalue weighted by Gasteiger charge is 2.40. The Labute approximate surface area is 193 Å². The first-order valence-corrected chi connectivity index (χ1v) is 11.3. The van der Waals surface area contributed by atoms with Gasteiger partial charge < -0.3 is 20.1 Å². The molecule has 4 heterocycles. The van der Waals surface area contributed by atoms with E-state index in [2.05, 4.69) is 49.6 Å². The van der Waals surface area contributed by atoms with Crippen molar-refractivity contribution >= 4 is 5.82 Å². The molecule has 0 spiro atoms. The van der Waals surface area contributed by atoms with Gasteiger partial charge in [-0.3, -0.25) is 0 Å². The maximum Gasteiger partial charge on any atom is 0.233 e. The number of aromatic hydroxyl groups is 1. The molecule has 0 saturated carbocycles. The fourth-order valence-electron chi connectivity index (χ4n) is 5.19. The van der Waals surface area contributed by atoms with Crippen molar-refractivity contribution in [3.8, 4) is 34.1 Å². The first-order valence-electron chi connectivity index (χ1n) is 11.3. The monoisotopic (exact) mass is 447 g/mol. The minimum Gasteiger partial charge on any atom is -0.507 e. The molecular formula is C24H29N7O2. The topological polar surface area (TPSA) is 109 Å². The highest BCUT2D eigenvalue weighted by Crippen LogP contribution is 2.37. The van der Waals surface area contributed by atoms with E-state index < -0.39 is 0 Å². The standard InChI is InChI=1S/C24H29N7O2/c1-24-8-4-5-17(27-24)11-18(12-24)31(2)21-14-25-23(30-28-21)19-7-6-15(9-20(19)32)16-10-22(33-3)29-26-13-16/h6-7,9-10,13-14,17-18,27,32H,4-5,8,11-12H2,1-3H3/t17-,18-,24+/m0/s1. The summed E-state index contributed by atoms with van der Waals surface area (Å²) in [5, 5.41) is 31.0. The number of hydrogen-bond acceptors (Lipinski definition) is 9. The molecule has 172 valence electrons. The van der Waals surface area contributed by atoms with Crippen LogP contribution in [0.4, 0.5) is 5.82 Å². The van der Waals surface area contributed by atoms with E-state index in [1.54, 1.807) is 30.6 Å². The molecule has 2 saturated heterocycles. The lowest BCUT2D eigenvalue weighted by molar-refractivity contribution is 0.140. The van der Waals surface area contributed by atoms with Crippen LogP contribution in [0, 0.1) is 0 Å². The third-order valence-electron chi connectivity index (χ3n) is 6.95. The molecule has 2 fully saturated rings. The van der Waals surface area contributed by atoms with Gasteiger partial charge in [0.15, 0.2) is 11.6 Å². The maximum atomic E-state index is 10.6. The quantitative estimate of drug-likeness (QED) is 0.609. The SMILES string of the molecule is COc1cc(-c2ccc(-c3ncc(N(C)[C@H]4C[C@@H]5CCC[C@](C)(C4)N5)nn3)c(O)c2)cnn1. The fourth-order valence-corrected chi connectivity index (χ4v) is 5.19. The van der Waals surface area contributed by atoms with Crippen LogP contribution in [0.2, 0.25) is 0 Å². The molecule has 3 aromatic rings. The van der Waals surface area contributed by atoms with E-state index in [0.29, 0.717) is 29.4 Å². The Kier molecular flexibility index (Phi) is 5.57. The van der Waals surface area contributed by atoms with Crippen molar-refractivity contribution in [2.45, 2.75) is 56.7 Å². The summed E-state index contributed by atoms with van der Waals surface area (Å²) >= 11 is 0. The molecule has 2 aliphatic rings. The number of methoxy groups -OCH3 is 1. The Hall–Kier alpha value is -3.33. The molecule has 0 unspecified atom stereocenters. The van der Waals surface area contributed by atoms with E-state index in [9.17, 15) is 5.11 Å². The van der Waals surface area contributed by atoms with Gasteiger partial charge in [0.2, 0.25) is 5.88 Å². The zero-order valence-corrected chi connectivity index (χ0v) is 19.2. The fraction of sp³-hybridized carbons (Fsp3) is 0.458. The summed E-state index contributed by atoms with van der Waals surface area (Å²) in [4.78, 5) is 6.71. The minimum atomic E-state index is 0.0743. The van der Waals surface area contributed by atoms with Crippen molar-refractivity contribution in [3.05, 3.63) is 36.7 Å². The smallest absolute Gasteiger partial charge is 0.233 e. The van der Waals surface area contributed by atoms with Gasteiger partial charge in [0.25, 0.3) is 0 Å². The number of hydrogen-bond donors (Lipinski definition) is 2. The van der Waals surface area contributed by atoms with Crippen molar-refractivity contribution in [1.82, 2.24) is 30.7 Å². The molecule has 3 atom stereocenters. The summed E-state index contributed by atoms with van der Waals surface area (Å²) < 4.78 is 5.13. The predicted molar refractivity (Wildman–Crippen MR) is 125 cm³/mol. The third-order valence-corrected chi connectivity index (χ3v) is 6.95. The molecule has 2 bridgehead atoms. The Balaban J connectivity index is 1.34. The third kappa shape index (κ3) is 4.32. The van der Waals surface area contributed by atoms with Gasteiger partial charge in [-0.2, -0.15) is 5.10 Å². The lowest BCUT2D eigenvalue weighted by atomic mass is 9.75. The average Bonchev–Trinajstić information content (AvgIpc) is 2.83. The second-order valence-electron chi connectivity index (χ2n) is 9.36. The molecule has 0 aliphatic carbocycles. The number of rotatable bonds is 5. The molecule has 9 nitrogen and oxygen atoms in total. The molecule has 0 amide bonds. The van der Waals surface area contributed by atoms with Gasteiger partial charge in [-0.25, -0.2) is 4.98 Å². The van der Waals surface area contributed by atoms with E-state index in [0.717, 1.165) is 29.8 Å². The van der Waals surface area contributed by atoms with E-state index in [1.807, 2.05) is 6.07 Å². The Bertz CT molecular complexity index is 1140. The summed E-state index contributed by atoms with van der Waals surface area (Å²) in [6, 6.07) is 8.05. The number of ether oxygens (including phenoxy) is 1. The maximum absolute atomic E-state index is 10.6. The molecule has 9 heteroatoms. The van der Waals surface area contributed by atoms with Gasteiger partial charge in [0.05, 0.1) is 25.1 Å². The predicted octanol–water partition coefficient (Wildman–Crippen LogP) is 3.21. The second-order valence-corrected chi connectivity index (χ2v) is 9.36. The van der Waals surface area contributed by atoms with E-state index in [4.69, 9.17) is 4.74 Å². The molecule has 0 radical (unpaired) electrons. The van der Waals surface area contributed by atoms with Gasteiger partial charge in [-0.1, -0.05) is 12.5 Å². The lowest BCUT2D eigenvalue weighted by Gasteiger charge is -2.49. The van der Waals surface area contributed by atoms with E-state index in [1.165, 1.54) is 26.4 Å². The van der Waals surface area contributed by atoms with E-state index >= 15 is 0 Å². The number of fused-ring (bicyclic) bond motifs is 2. The van der Waals surface area contributed by atoms with Gasteiger partial charge in [0, 0.05) is 36.3 Å². The van der Waals surface area contributed by atoms with Crippen LogP contribution in [0.15, 0.2) is 36.7 Å². The van der Waals surface area contributed by atoms with Crippen LogP contribution in [0.1, 0.15) is 39.0 Å². The van der Waals surface area contributed by atoms with Crippen LogP contribution < -0.4 is 15.0 Å². The molecule has 5 rings (SSSR count). The van der Waals surface area contributed by atoms with Crippen molar-refractivity contribution in [2.24, 2.45) is 0 Å². The Morgan fingerprint density at radius 1 is 1.15 bits per heavy atom. The molecular weight excluding hydrogens is 418 g/mol. The van der Waals surface area contributed by atoms with E-state index in [-0.39, 0.29) is 11.3 Å². The lowest BCUT2D eigenvalue weighted by Crippen LogP contribution is -2.61. The van der Waals surface area contributed by atoms with Crippen molar-refractivity contribution in [2.75, 3.05) is 19.1 Å². The number of phenolic OH excluding ortho intramolecular Hbond substituents is 1.